The van der Waals surface area contributed by atoms with E-state index in [1.807, 2.05) is 48.5 Å². The number of nitriles is 1. The molecule has 1 aliphatic heterocycles. The molecular formula is C24H23N5O. The van der Waals surface area contributed by atoms with Gasteiger partial charge >= 0.3 is 0 Å². The highest BCUT2D eigenvalue weighted by molar-refractivity contribution is 6.03. The smallest absolute Gasteiger partial charge is 0.255 e. The van der Waals surface area contributed by atoms with E-state index >= 15 is 0 Å². The standard InChI is InChI=1S/C24H23N5O/c25-12-18-7-4-8-19(11-18)21-14-27-15-22(23(21)29-10-9-20(26)16-29)24(30)28-13-17-5-2-1-3-6-17/h1-8,11,14-15,20H,9-10,13,16,26H2,(H,28,30)/t20-/m0/s1. The molecule has 4 rings (SSSR count). The zero-order valence-corrected chi connectivity index (χ0v) is 16.6. The van der Waals surface area contributed by atoms with Crippen molar-refractivity contribution in [1.29, 1.82) is 5.26 Å². The van der Waals surface area contributed by atoms with Crippen LogP contribution in [0, 0.1) is 11.3 Å². The Morgan fingerprint density at radius 2 is 2.03 bits per heavy atom. The summed E-state index contributed by atoms with van der Waals surface area (Å²) in [5, 5.41) is 12.3. The number of aromatic nitrogens is 1. The molecule has 1 amide bonds. The molecule has 3 N–H and O–H groups in total. The molecule has 30 heavy (non-hydrogen) atoms. The molecule has 0 saturated carbocycles. The van der Waals surface area contributed by atoms with Gasteiger partial charge in [0.15, 0.2) is 0 Å². The second-order valence-corrected chi connectivity index (χ2v) is 7.44. The van der Waals surface area contributed by atoms with Gasteiger partial charge in [-0.15, -0.1) is 0 Å². The molecule has 0 bridgehead atoms. The number of carbonyl (C=O) groups is 1. The van der Waals surface area contributed by atoms with E-state index in [2.05, 4.69) is 21.3 Å². The summed E-state index contributed by atoms with van der Waals surface area (Å²) in [6.07, 6.45) is 4.23. The Bertz CT molecular complexity index is 1090. The number of nitrogens with two attached hydrogens (primary N) is 1. The average Bonchev–Trinajstić information content (AvgIpc) is 3.23. The number of rotatable bonds is 5. The van der Waals surface area contributed by atoms with Crippen molar-refractivity contribution in [3.05, 3.63) is 83.7 Å². The van der Waals surface area contributed by atoms with Crippen molar-refractivity contribution in [3.63, 3.8) is 0 Å². The Hall–Kier alpha value is -3.69. The number of hydrogen-bond donors (Lipinski definition) is 2. The van der Waals surface area contributed by atoms with Crippen LogP contribution in [0.4, 0.5) is 5.69 Å². The number of pyridine rings is 1. The Kier molecular flexibility index (Phi) is 5.73. The van der Waals surface area contributed by atoms with Gasteiger partial charge in [-0.3, -0.25) is 9.78 Å². The molecule has 150 valence electrons. The molecule has 1 atom stereocenters. The molecule has 0 aliphatic carbocycles. The average molecular weight is 397 g/mol. The highest BCUT2D eigenvalue weighted by atomic mass is 16.1. The fourth-order valence-electron chi connectivity index (χ4n) is 3.79. The summed E-state index contributed by atoms with van der Waals surface area (Å²) in [5.74, 6) is -0.180. The van der Waals surface area contributed by atoms with E-state index in [4.69, 9.17) is 5.73 Å². The summed E-state index contributed by atoms with van der Waals surface area (Å²) in [7, 11) is 0. The Morgan fingerprint density at radius 3 is 2.77 bits per heavy atom. The van der Waals surface area contributed by atoms with E-state index in [0.717, 1.165) is 35.3 Å². The maximum Gasteiger partial charge on any atom is 0.255 e. The van der Waals surface area contributed by atoms with Crippen molar-refractivity contribution >= 4 is 11.6 Å². The predicted molar refractivity (Wildman–Crippen MR) is 117 cm³/mol. The molecule has 2 aromatic carbocycles. The lowest BCUT2D eigenvalue weighted by Gasteiger charge is -2.24. The zero-order chi connectivity index (χ0) is 20.9. The number of anilines is 1. The summed E-state index contributed by atoms with van der Waals surface area (Å²) >= 11 is 0. The van der Waals surface area contributed by atoms with Crippen LogP contribution < -0.4 is 16.0 Å². The van der Waals surface area contributed by atoms with Crippen LogP contribution in [0.25, 0.3) is 11.1 Å². The summed E-state index contributed by atoms with van der Waals surface area (Å²) < 4.78 is 0. The quantitative estimate of drug-likeness (QED) is 0.690. The maximum absolute atomic E-state index is 13.1. The lowest BCUT2D eigenvalue weighted by Crippen LogP contribution is -2.30. The van der Waals surface area contributed by atoms with E-state index in [1.165, 1.54) is 0 Å². The van der Waals surface area contributed by atoms with Crippen LogP contribution in [-0.4, -0.2) is 30.0 Å². The normalized spacial score (nSPS) is 15.6. The number of carbonyl (C=O) groups excluding carboxylic acids is 1. The number of nitrogens with one attached hydrogen (secondary N) is 1. The lowest BCUT2D eigenvalue weighted by molar-refractivity contribution is 0.0951. The second-order valence-electron chi connectivity index (χ2n) is 7.44. The first kappa shape index (κ1) is 19.6. The minimum absolute atomic E-state index is 0.0664. The topological polar surface area (TPSA) is 95.0 Å². The van der Waals surface area contributed by atoms with Gasteiger partial charge in [0.1, 0.15) is 0 Å². The van der Waals surface area contributed by atoms with Crippen LogP contribution in [-0.2, 0) is 6.54 Å². The van der Waals surface area contributed by atoms with Gasteiger partial charge in [-0.25, -0.2) is 0 Å². The van der Waals surface area contributed by atoms with Crippen LogP contribution >= 0.6 is 0 Å². The molecule has 0 radical (unpaired) electrons. The molecule has 1 aromatic heterocycles. The number of amides is 1. The van der Waals surface area contributed by atoms with Crippen molar-refractivity contribution in [2.45, 2.75) is 19.0 Å². The predicted octanol–water partition coefficient (Wildman–Crippen LogP) is 3.09. The molecule has 1 saturated heterocycles. The molecular weight excluding hydrogens is 374 g/mol. The minimum Gasteiger partial charge on any atom is -0.369 e. The lowest BCUT2D eigenvalue weighted by atomic mass is 10.00. The van der Waals surface area contributed by atoms with Gasteiger partial charge in [-0.05, 0) is 29.7 Å². The zero-order valence-electron chi connectivity index (χ0n) is 16.6. The Balaban J connectivity index is 1.72. The Labute approximate surface area is 176 Å². The monoisotopic (exact) mass is 397 g/mol. The van der Waals surface area contributed by atoms with Crippen LogP contribution in [0.15, 0.2) is 67.0 Å². The van der Waals surface area contributed by atoms with Gasteiger partial charge in [0.05, 0.1) is 22.9 Å². The van der Waals surface area contributed by atoms with Gasteiger partial charge < -0.3 is 16.0 Å². The SMILES string of the molecule is N#Cc1cccc(-c2cncc(C(=O)NCc3ccccc3)c2N2CC[C@H](N)C2)c1. The fraction of sp³-hybridized carbons (Fsp3) is 0.208. The summed E-state index contributed by atoms with van der Waals surface area (Å²) in [6.45, 7) is 1.88. The first-order valence-electron chi connectivity index (χ1n) is 9.97. The van der Waals surface area contributed by atoms with Crippen LogP contribution in [0.1, 0.15) is 27.9 Å². The second kappa shape index (κ2) is 8.76. The van der Waals surface area contributed by atoms with Gasteiger partial charge in [-0.1, -0.05) is 42.5 Å². The van der Waals surface area contributed by atoms with Crippen LogP contribution in [0.5, 0.6) is 0 Å². The maximum atomic E-state index is 13.1. The highest BCUT2D eigenvalue weighted by Crippen LogP contribution is 2.35. The number of benzene rings is 2. The summed E-state index contributed by atoms with van der Waals surface area (Å²) in [4.78, 5) is 19.6. The molecule has 0 spiro atoms. The van der Waals surface area contributed by atoms with Crippen molar-refractivity contribution in [2.75, 3.05) is 18.0 Å². The first-order chi connectivity index (χ1) is 14.7. The molecule has 2 heterocycles. The number of hydrogen-bond acceptors (Lipinski definition) is 5. The third-order valence-corrected chi connectivity index (χ3v) is 5.30. The third-order valence-electron chi connectivity index (χ3n) is 5.30. The van der Waals surface area contributed by atoms with Gasteiger partial charge in [0.2, 0.25) is 0 Å². The molecule has 6 nitrogen and oxygen atoms in total. The van der Waals surface area contributed by atoms with Crippen molar-refractivity contribution < 1.29 is 4.79 Å². The largest absolute Gasteiger partial charge is 0.369 e. The van der Waals surface area contributed by atoms with Crippen molar-refractivity contribution in [2.24, 2.45) is 5.73 Å². The van der Waals surface area contributed by atoms with Gasteiger partial charge in [0, 0.05) is 43.6 Å². The molecule has 1 aliphatic rings. The summed E-state index contributed by atoms with van der Waals surface area (Å²) in [5.41, 5.74) is 10.8. The highest BCUT2D eigenvalue weighted by Gasteiger charge is 2.27. The first-order valence-corrected chi connectivity index (χ1v) is 9.97. The van der Waals surface area contributed by atoms with E-state index in [-0.39, 0.29) is 11.9 Å². The van der Waals surface area contributed by atoms with Gasteiger partial charge in [0.25, 0.3) is 5.91 Å². The van der Waals surface area contributed by atoms with E-state index in [1.54, 1.807) is 18.5 Å². The van der Waals surface area contributed by atoms with E-state index in [0.29, 0.717) is 24.2 Å². The summed E-state index contributed by atoms with van der Waals surface area (Å²) in [6, 6.07) is 19.4. The van der Waals surface area contributed by atoms with Crippen molar-refractivity contribution in [1.82, 2.24) is 10.3 Å². The fourth-order valence-corrected chi connectivity index (χ4v) is 3.79. The minimum atomic E-state index is -0.180. The molecule has 6 heteroatoms. The van der Waals surface area contributed by atoms with E-state index in [9.17, 15) is 10.1 Å². The number of nitrogens with zero attached hydrogens (tertiary/aromatic N) is 3. The Morgan fingerprint density at radius 1 is 1.20 bits per heavy atom. The van der Waals surface area contributed by atoms with Crippen molar-refractivity contribution in [3.8, 4) is 17.2 Å². The van der Waals surface area contributed by atoms with Gasteiger partial charge in [-0.2, -0.15) is 5.26 Å². The van der Waals surface area contributed by atoms with E-state index < -0.39 is 0 Å². The molecule has 1 fully saturated rings. The molecule has 3 aromatic rings. The van der Waals surface area contributed by atoms with Crippen LogP contribution in [0.3, 0.4) is 0 Å². The third kappa shape index (κ3) is 4.17. The van der Waals surface area contributed by atoms with Crippen LogP contribution in [0.2, 0.25) is 0 Å². The molecule has 0 unspecified atom stereocenters.